The topological polar surface area (TPSA) is 56.7 Å². The first-order valence-electron chi connectivity index (χ1n) is 18.1. The molecule has 0 bridgehead atoms. The Bertz CT molecular complexity index is 3150. The Morgan fingerprint density at radius 3 is 1.72 bits per heavy atom. The van der Waals surface area contributed by atoms with E-state index in [0.717, 1.165) is 71.7 Å². The summed E-state index contributed by atoms with van der Waals surface area (Å²) in [6.07, 6.45) is 0. The van der Waals surface area contributed by atoms with E-state index in [-0.39, 0.29) is 0 Å². The van der Waals surface area contributed by atoms with Gasteiger partial charge >= 0.3 is 0 Å². The summed E-state index contributed by atoms with van der Waals surface area (Å²) in [5, 5.41) is 6.88. The van der Waals surface area contributed by atoms with Gasteiger partial charge < -0.3 is 8.98 Å². The molecule has 54 heavy (non-hydrogen) atoms. The molecule has 0 saturated heterocycles. The van der Waals surface area contributed by atoms with Crippen LogP contribution in [0.5, 0.6) is 0 Å². The predicted octanol–water partition coefficient (Wildman–Crippen LogP) is 12.7. The molecule has 11 rings (SSSR count). The molecule has 0 radical (unpaired) electrons. The number of benzene rings is 8. The fraction of sp³-hybridized carbons (Fsp3) is 0. The SMILES string of the molecule is c1ccc(-c2nc(-c3ccccc3)nc(-c3cccc4c5ccccc5n(-c5ccc6oc7ccc(-c8cccc9ccccc89)cc7c6c5)c34)n2)cc1. The summed E-state index contributed by atoms with van der Waals surface area (Å²) in [7, 11) is 0. The first-order chi connectivity index (χ1) is 26.8. The minimum atomic E-state index is 0.618. The van der Waals surface area contributed by atoms with Crippen LogP contribution in [-0.4, -0.2) is 19.5 Å². The zero-order valence-electron chi connectivity index (χ0n) is 29.0. The van der Waals surface area contributed by atoms with Crippen LogP contribution >= 0.6 is 0 Å². The lowest BCUT2D eigenvalue weighted by Gasteiger charge is -2.13. The minimum absolute atomic E-state index is 0.618. The monoisotopic (exact) mass is 690 g/mol. The van der Waals surface area contributed by atoms with Crippen molar-refractivity contribution in [1.82, 2.24) is 19.5 Å². The second-order valence-electron chi connectivity index (χ2n) is 13.6. The van der Waals surface area contributed by atoms with Crippen molar-refractivity contribution < 1.29 is 4.42 Å². The Morgan fingerprint density at radius 2 is 0.944 bits per heavy atom. The number of aromatic nitrogens is 4. The number of fused-ring (bicyclic) bond motifs is 7. The van der Waals surface area contributed by atoms with Crippen LogP contribution in [0.3, 0.4) is 0 Å². The molecule has 0 amide bonds. The molecule has 5 nitrogen and oxygen atoms in total. The third-order valence-electron chi connectivity index (χ3n) is 10.4. The highest BCUT2D eigenvalue weighted by molar-refractivity contribution is 6.14. The number of nitrogens with zero attached hydrogens (tertiary/aromatic N) is 4. The first-order valence-corrected chi connectivity index (χ1v) is 18.1. The fourth-order valence-electron chi connectivity index (χ4n) is 7.95. The van der Waals surface area contributed by atoms with E-state index in [2.05, 4.69) is 126 Å². The molecule has 0 N–H and O–H groups in total. The highest BCUT2D eigenvalue weighted by Gasteiger charge is 2.21. The Labute approximate surface area is 310 Å². The molecule has 5 heteroatoms. The fourth-order valence-corrected chi connectivity index (χ4v) is 7.95. The van der Waals surface area contributed by atoms with E-state index in [1.807, 2.05) is 60.7 Å². The summed E-state index contributed by atoms with van der Waals surface area (Å²) in [5.41, 5.74) is 10.0. The molecule has 0 aliphatic carbocycles. The van der Waals surface area contributed by atoms with Gasteiger partial charge in [0, 0.05) is 43.9 Å². The van der Waals surface area contributed by atoms with Crippen LogP contribution in [-0.2, 0) is 0 Å². The second kappa shape index (κ2) is 12.1. The van der Waals surface area contributed by atoms with Gasteiger partial charge in [0.1, 0.15) is 11.2 Å². The molecule has 0 fully saturated rings. The van der Waals surface area contributed by atoms with Gasteiger partial charge in [-0.2, -0.15) is 0 Å². The molecular weight excluding hydrogens is 661 g/mol. The molecule has 252 valence electrons. The normalized spacial score (nSPS) is 11.7. The van der Waals surface area contributed by atoms with Crippen molar-refractivity contribution in [2.75, 3.05) is 0 Å². The van der Waals surface area contributed by atoms with Crippen molar-refractivity contribution >= 4 is 54.5 Å². The summed E-state index contributed by atoms with van der Waals surface area (Å²) in [6.45, 7) is 0. The Balaban J connectivity index is 1.16. The third-order valence-corrected chi connectivity index (χ3v) is 10.4. The van der Waals surface area contributed by atoms with Crippen molar-refractivity contribution in [3.63, 3.8) is 0 Å². The highest BCUT2D eigenvalue weighted by Crippen LogP contribution is 2.40. The predicted molar refractivity (Wildman–Crippen MR) is 221 cm³/mol. The molecule has 3 aromatic heterocycles. The van der Waals surface area contributed by atoms with Gasteiger partial charge in [-0.25, -0.2) is 15.0 Å². The van der Waals surface area contributed by atoms with Crippen molar-refractivity contribution in [3.05, 3.63) is 182 Å². The molecule has 3 heterocycles. The number of hydrogen-bond donors (Lipinski definition) is 0. The van der Waals surface area contributed by atoms with E-state index >= 15 is 0 Å². The molecule has 11 aromatic rings. The van der Waals surface area contributed by atoms with E-state index in [4.69, 9.17) is 19.4 Å². The van der Waals surface area contributed by atoms with Crippen LogP contribution in [0.1, 0.15) is 0 Å². The standard InChI is InChI=1S/C49H30N4O/c1-3-14-32(15-4-1)47-50-48(33-16-5-2-6-17-33)52-49(51-47)40-23-12-22-39-38-20-9-10-24-43(38)53(46(39)40)35-26-28-45-42(30-35)41-29-34(25-27-44(41)54-45)37-21-11-18-31-13-7-8-19-36(31)37/h1-30H. The van der Waals surface area contributed by atoms with Crippen LogP contribution in [0.15, 0.2) is 186 Å². The highest BCUT2D eigenvalue weighted by atomic mass is 16.3. The van der Waals surface area contributed by atoms with Crippen molar-refractivity contribution in [2.24, 2.45) is 0 Å². The number of furan rings is 1. The second-order valence-corrected chi connectivity index (χ2v) is 13.6. The first kappa shape index (κ1) is 30.3. The van der Waals surface area contributed by atoms with Gasteiger partial charge in [0.2, 0.25) is 0 Å². The Hall–Kier alpha value is -7.37. The molecular formula is C49H30N4O. The van der Waals surface area contributed by atoms with E-state index in [0.29, 0.717) is 17.5 Å². The molecule has 0 spiro atoms. The molecule has 0 aliphatic rings. The van der Waals surface area contributed by atoms with E-state index in [9.17, 15) is 0 Å². The number of hydrogen-bond acceptors (Lipinski definition) is 4. The average molecular weight is 691 g/mol. The summed E-state index contributed by atoms with van der Waals surface area (Å²) in [4.78, 5) is 15.3. The van der Waals surface area contributed by atoms with Crippen LogP contribution < -0.4 is 0 Å². The van der Waals surface area contributed by atoms with Gasteiger partial charge in [-0.1, -0.05) is 140 Å². The van der Waals surface area contributed by atoms with Gasteiger partial charge in [0.25, 0.3) is 0 Å². The van der Waals surface area contributed by atoms with Crippen LogP contribution in [0.25, 0.3) is 105 Å². The van der Waals surface area contributed by atoms with Crippen LogP contribution in [0.2, 0.25) is 0 Å². The molecule has 0 atom stereocenters. The lowest BCUT2D eigenvalue weighted by Crippen LogP contribution is -2.02. The minimum Gasteiger partial charge on any atom is -0.456 e. The van der Waals surface area contributed by atoms with Gasteiger partial charge in [-0.05, 0) is 64.4 Å². The summed E-state index contributed by atoms with van der Waals surface area (Å²) >= 11 is 0. The van der Waals surface area contributed by atoms with Crippen molar-refractivity contribution in [2.45, 2.75) is 0 Å². The number of rotatable bonds is 5. The van der Waals surface area contributed by atoms with E-state index in [1.54, 1.807) is 0 Å². The Morgan fingerprint density at radius 1 is 0.370 bits per heavy atom. The van der Waals surface area contributed by atoms with Gasteiger partial charge in [0.05, 0.1) is 11.0 Å². The summed E-state index contributed by atoms with van der Waals surface area (Å²) < 4.78 is 8.79. The third kappa shape index (κ3) is 4.83. The smallest absolute Gasteiger partial charge is 0.166 e. The van der Waals surface area contributed by atoms with Gasteiger partial charge in [0.15, 0.2) is 17.5 Å². The lowest BCUT2D eigenvalue weighted by molar-refractivity contribution is 0.669. The maximum absolute atomic E-state index is 6.45. The maximum atomic E-state index is 6.45. The van der Waals surface area contributed by atoms with Crippen LogP contribution in [0, 0.1) is 0 Å². The number of para-hydroxylation sites is 2. The van der Waals surface area contributed by atoms with Crippen molar-refractivity contribution in [1.29, 1.82) is 0 Å². The molecule has 0 saturated carbocycles. The zero-order valence-corrected chi connectivity index (χ0v) is 29.0. The summed E-state index contributed by atoms with van der Waals surface area (Å²) in [5.74, 6) is 1.88. The quantitative estimate of drug-likeness (QED) is 0.180. The summed E-state index contributed by atoms with van der Waals surface area (Å²) in [6, 6.07) is 63.3. The van der Waals surface area contributed by atoms with Crippen molar-refractivity contribution in [3.8, 4) is 51.0 Å². The molecule has 0 unspecified atom stereocenters. The molecule has 0 aliphatic heterocycles. The lowest BCUT2D eigenvalue weighted by atomic mass is 9.97. The van der Waals surface area contributed by atoms with Gasteiger partial charge in [-0.3, -0.25) is 0 Å². The van der Waals surface area contributed by atoms with Gasteiger partial charge in [-0.15, -0.1) is 0 Å². The maximum Gasteiger partial charge on any atom is 0.166 e. The van der Waals surface area contributed by atoms with Crippen LogP contribution in [0.4, 0.5) is 0 Å². The Kier molecular flexibility index (Phi) is 6.79. The average Bonchev–Trinajstić information content (AvgIpc) is 3.79. The molecule has 8 aromatic carbocycles. The van der Waals surface area contributed by atoms with E-state index < -0.39 is 0 Å². The zero-order chi connectivity index (χ0) is 35.6. The van der Waals surface area contributed by atoms with E-state index in [1.165, 1.54) is 16.3 Å². The largest absolute Gasteiger partial charge is 0.456 e.